The van der Waals surface area contributed by atoms with Gasteiger partial charge in [0.05, 0.1) is 17.1 Å². The second-order valence-corrected chi connectivity index (χ2v) is 14.3. The minimum absolute atomic E-state index is 0.840. The molecular weight excluding hydrogens is 655 g/mol. The lowest BCUT2D eigenvalue weighted by atomic mass is 10.0. The van der Waals surface area contributed by atoms with E-state index in [1.54, 1.807) is 0 Å². The first-order chi connectivity index (χ1) is 25.8. The lowest BCUT2D eigenvalue weighted by molar-refractivity contribution is 0.668. The topological polar surface area (TPSA) is 29.5 Å². The van der Waals surface area contributed by atoms with Crippen LogP contribution in [-0.4, -0.2) is 0 Å². The Bertz CT molecular complexity index is 3130. The number of hydrogen-bond acceptors (Lipinski definition) is 4. The second-order valence-electron chi connectivity index (χ2n) is 13.2. The van der Waals surface area contributed by atoms with Gasteiger partial charge in [-0.25, -0.2) is 0 Å². The van der Waals surface area contributed by atoms with Crippen LogP contribution in [0.25, 0.3) is 86.3 Å². The molecule has 0 radical (unpaired) electrons. The molecule has 0 fully saturated rings. The zero-order chi connectivity index (χ0) is 34.2. The summed E-state index contributed by atoms with van der Waals surface area (Å²) in [6.45, 7) is 0. The smallest absolute Gasteiger partial charge is 0.159 e. The van der Waals surface area contributed by atoms with E-state index >= 15 is 0 Å². The third-order valence-corrected chi connectivity index (χ3v) is 11.5. The molecule has 11 aromatic rings. The lowest BCUT2D eigenvalue weighted by Crippen LogP contribution is -2.10. The molecule has 0 aliphatic heterocycles. The van der Waals surface area contributed by atoms with E-state index in [-0.39, 0.29) is 0 Å². The van der Waals surface area contributed by atoms with E-state index in [1.807, 2.05) is 23.5 Å². The summed E-state index contributed by atoms with van der Waals surface area (Å²) in [5, 5.41) is 6.83. The van der Waals surface area contributed by atoms with Crippen molar-refractivity contribution in [2.45, 2.75) is 0 Å². The van der Waals surface area contributed by atoms with Crippen molar-refractivity contribution < 1.29 is 8.83 Å². The van der Waals surface area contributed by atoms with Crippen molar-refractivity contribution in [3.63, 3.8) is 0 Å². The monoisotopic (exact) mass is 683 g/mol. The van der Waals surface area contributed by atoms with Gasteiger partial charge in [0.1, 0.15) is 16.7 Å². The zero-order valence-corrected chi connectivity index (χ0v) is 28.7. The largest absolute Gasteiger partial charge is 0.456 e. The molecule has 0 unspecified atom stereocenters. The number of rotatable bonds is 5. The summed E-state index contributed by atoms with van der Waals surface area (Å²) in [4.78, 5) is 2.36. The molecule has 3 nitrogen and oxygen atoms in total. The number of anilines is 3. The quantitative estimate of drug-likeness (QED) is 0.181. The van der Waals surface area contributed by atoms with Gasteiger partial charge in [0.2, 0.25) is 0 Å². The van der Waals surface area contributed by atoms with Crippen LogP contribution in [0.1, 0.15) is 0 Å². The number of benzene rings is 8. The van der Waals surface area contributed by atoms with Gasteiger partial charge >= 0.3 is 0 Å². The van der Waals surface area contributed by atoms with Crippen LogP contribution < -0.4 is 4.90 Å². The molecular formula is C48H29NO2S. The number of fused-ring (bicyclic) bond motifs is 9. The van der Waals surface area contributed by atoms with Crippen LogP contribution in [0.15, 0.2) is 185 Å². The van der Waals surface area contributed by atoms with Crippen LogP contribution >= 0.6 is 11.3 Å². The fourth-order valence-electron chi connectivity index (χ4n) is 7.95. The van der Waals surface area contributed by atoms with Gasteiger partial charge in [0.15, 0.2) is 5.58 Å². The molecule has 8 aromatic carbocycles. The van der Waals surface area contributed by atoms with E-state index in [9.17, 15) is 0 Å². The molecule has 244 valence electrons. The van der Waals surface area contributed by atoms with E-state index in [0.29, 0.717) is 0 Å². The van der Waals surface area contributed by atoms with Crippen LogP contribution in [0, 0.1) is 0 Å². The predicted molar refractivity (Wildman–Crippen MR) is 219 cm³/mol. The minimum atomic E-state index is 0.840. The molecule has 0 aliphatic carbocycles. The number of para-hydroxylation sites is 3. The summed E-state index contributed by atoms with van der Waals surface area (Å²) in [6, 6.07) is 62.3. The summed E-state index contributed by atoms with van der Waals surface area (Å²) in [5.41, 5.74) is 11.2. The molecule has 0 saturated carbocycles. The van der Waals surface area contributed by atoms with Crippen molar-refractivity contribution in [2.75, 3.05) is 4.90 Å². The molecule has 0 aliphatic rings. The molecule has 11 rings (SSSR count). The van der Waals surface area contributed by atoms with Gasteiger partial charge in [-0.15, -0.1) is 11.3 Å². The summed E-state index contributed by atoms with van der Waals surface area (Å²) < 4.78 is 16.0. The maximum absolute atomic E-state index is 7.02. The molecule has 0 bridgehead atoms. The maximum Gasteiger partial charge on any atom is 0.159 e. The van der Waals surface area contributed by atoms with Gasteiger partial charge in [-0.1, -0.05) is 133 Å². The highest BCUT2D eigenvalue weighted by Crippen LogP contribution is 2.50. The Morgan fingerprint density at radius 2 is 1.02 bits per heavy atom. The second kappa shape index (κ2) is 11.5. The van der Waals surface area contributed by atoms with Gasteiger partial charge < -0.3 is 13.7 Å². The van der Waals surface area contributed by atoms with Crippen LogP contribution in [0.5, 0.6) is 0 Å². The average Bonchev–Trinajstić information content (AvgIpc) is 3.90. The van der Waals surface area contributed by atoms with Crippen LogP contribution in [0.2, 0.25) is 0 Å². The molecule has 4 heteroatoms. The summed E-state index contributed by atoms with van der Waals surface area (Å²) in [6.07, 6.45) is 0. The number of nitrogens with zero attached hydrogens (tertiary/aromatic N) is 1. The number of thiophene rings is 1. The predicted octanol–water partition coefficient (Wildman–Crippen LogP) is 14.7. The normalized spacial score (nSPS) is 11.8. The van der Waals surface area contributed by atoms with Crippen molar-refractivity contribution in [1.82, 2.24) is 0 Å². The highest BCUT2D eigenvalue weighted by Gasteiger charge is 2.24. The fraction of sp³-hybridized carbons (Fsp3) is 0. The van der Waals surface area contributed by atoms with E-state index < -0.39 is 0 Å². The third-order valence-electron chi connectivity index (χ3n) is 10.3. The first-order valence-electron chi connectivity index (χ1n) is 17.5. The van der Waals surface area contributed by atoms with Gasteiger partial charge in [0, 0.05) is 53.3 Å². The van der Waals surface area contributed by atoms with E-state index in [0.717, 1.165) is 72.1 Å². The Balaban J connectivity index is 1.22. The van der Waals surface area contributed by atoms with Crippen LogP contribution in [0.4, 0.5) is 17.1 Å². The first-order valence-corrected chi connectivity index (χ1v) is 18.3. The SMILES string of the molecule is c1ccc(-c2cccc3c2oc2c(N(c4ccc5c(c4)oc4ccccc45)c4cccc5sc6c(-c7ccccc7)cccc6c45)cccc23)cc1. The first kappa shape index (κ1) is 29.1. The van der Waals surface area contributed by atoms with Gasteiger partial charge in [-0.3, -0.25) is 0 Å². The van der Waals surface area contributed by atoms with Crippen molar-refractivity contribution in [3.05, 3.63) is 176 Å². The summed E-state index contributed by atoms with van der Waals surface area (Å²) in [5.74, 6) is 0. The summed E-state index contributed by atoms with van der Waals surface area (Å²) >= 11 is 1.85. The Labute approximate surface area is 303 Å². The average molecular weight is 684 g/mol. The van der Waals surface area contributed by atoms with Crippen molar-refractivity contribution in [2.24, 2.45) is 0 Å². The molecule has 0 spiro atoms. The Hall–Kier alpha value is -6.62. The molecule has 3 heterocycles. The molecule has 52 heavy (non-hydrogen) atoms. The van der Waals surface area contributed by atoms with Crippen molar-refractivity contribution in [1.29, 1.82) is 0 Å². The lowest BCUT2D eigenvalue weighted by Gasteiger charge is -2.26. The van der Waals surface area contributed by atoms with Gasteiger partial charge in [-0.05, 0) is 53.1 Å². The Kier molecular flexibility index (Phi) is 6.42. The van der Waals surface area contributed by atoms with Crippen LogP contribution in [-0.2, 0) is 0 Å². The maximum atomic E-state index is 7.02. The molecule has 0 amide bonds. The molecule has 0 saturated heterocycles. The molecule has 0 atom stereocenters. The van der Waals surface area contributed by atoms with Gasteiger partial charge in [0.25, 0.3) is 0 Å². The highest BCUT2D eigenvalue weighted by molar-refractivity contribution is 7.26. The van der Waals surface area contributed by atoms with Crippen molar-refractivity contribution in [3.8, 4) is 22.3 Å². The van der Waals surface area contributed by atoms with Gasteiger partial charge in [-0.2, -0.15) is 0 Å². The minimum Gasteiger partial charge on any atom is -0.456 e. The molecule has 0 N–H and O–H groups in total. The zero-order valence-electron chi connectivity index (χ0n) is 27.9. The van der Waals surface area contributed by atoms with E-state index in [2.05, 4.69) is 169 Å². The summed E-state index contributed by atoms with van der Waals surface area (Å²) in [7, 11) is 0. The number of hydrogen-bond donors (Lipinski definition) is 0. The third kappa shape index (κ3) is 4.38. The molecule has 3 aromatic heterocycles. The van der Waals surface area contributed by atoms with E-state index in [1.165, 1.54) is 31.3 Å². The van der Waals surface area contributed by atoms with Crippen LogP contribution in [0.3, 0.4) is 0 Å². The Morgan fingerprint density at radius 3 is 1.85 bits per heavy atom. The Morgan fingerprint density at radius 1 is 0.404 bits per heavy atom. The van der Waals surface area contributed by atoms with Crippen molar-refractivity contribution >= 4 is 92.4 Å². The highest BCUT2D eigenvalue weighted by atomic mass is 32.1. The van der Waals surface area contributed by atoms with E-state index in [4.69, 9.17) is 8.83 Å². The fourth-order valence-corrected chi connectivity index (χ4v) is 9.21. The number of furan rings is 2. The standard InChI is InChI=1S/C48H29NO2S/c1-3-13-30(14-4-1)33-18-9-20-37-38-21-11-24-41(47(38)51-46(33)37)49(32-27-28-36-35-17-7-8-25-42(35)50-43(36)29-32)40-23-12-26-44-45(40)39-22-10-19-34(48(39)52-44)31-15-5-2-6-16-31/h1-29H.